The first-order valence-electron chi connectivity index (χ1n) is 15.0. The average Bonchev–Trinajstić information content (AvgIpc) is 3.18. The van der Waals surface area contributed by atoms with Crippen LogP contribution in [-0.4, -0.2) is 77.8 Å². The lowest BCUT2D eigenvalue weighted by atomic mass is 9.43. The number of carbonyl (C=O) groups is 1. The van der Waals surface area contributed by atoms with Gasteiger partial charge in [0.2, 0.25) is 5.91 Å². The van der Waals surface area contributed by atoms with Crippen molar-refractivity contribution in [2.45, 2.75) is 104 Å². The Morgan fingerprint density at radius 2 is 1.76 bits per heavy atom. The van der Waals surface area contributed by atoms with Crippen molar-refractivity contribution in [2.75, 3.05) is 33.7 Å². The minimum Gasteiger partial charge on any atom is -1.00 e. The zero-order valence-electron chi connectivity index (χ0n) is 24.3. The molecule has 4 fully saturated rings. The van der Waals surface area contributed by atoms with Crippen molar-refractivity contribution >= 4 is 5.91 Å². The van der Waals surface area contributed by atoms with Gasteiger partial charge in [0.1, 0.15) is 0 Å². The monoisotopic (exact) mass is 634 g/mol. The van der Waals surface area contributed by atoms with E-state index in [1.54, 1.807) is 0 Å². The van der Waals surface area contributed by atoms with Crippen molar-refractivity contribution in [3.05, 3.63) is 0 Å². The standard InChI is InChI=1S/C30H54N2O4.HI/c1-7-32(5,6)15-14-31-27(36)11-8-19(2)22-9-10-23-28-24(18-26(35)30(22,23)4)29(3)13-12-21(33)16-20(29)17-25(28)34;/h19-26,28,33-35H,7-18H2,1-6H3;1H/t19-,20+,21-,22-,23+,24+,25-,26+,28+,29+,30-;/m1./s1. The molecule has 0 aliphatic heterocycles. The number of fused-ring (bicyclic) bond motifs is 5. The number of hydrogen-bond acceptors (Lipinski definition) is 4. The van der Waals surface area contributed by atoms with E-state index in [0.29, 0.717) is 42.6 Å². The van der Waals surface area contributed by atoms with Crippen LogP contribution >= 0.6 is 0 Å². The number of quaternary nitrogens is 1. The molecule has 1 amide bonds. The largest absolute Gasteiger partial charge is 1.00 e. The van der Waals surface area contributed by atoms with Gasteiger partial charge >= 0.3 is 0 Å². The Morgan fingerprint density at radius 1 is 1.05 bits per heavy atom. The molecule has 4 aliphatic rings. The van der Waals surface area contributed by atoms with Crippen molar-refractivity contribution < 1.29 is 48.6 Å². The predicted octanol–water partition coefficient (Wildman–Crippen LogP) is 0.581. The van der Waals surface area contributed by atoms with E-state index in [1.807, 2.05) is 0 Å². The maximum Gasteiger partial charge on any atom is 0.220 e. The summed E-state index contributed by atoms with van der Waals surface area (Å²) in [7, 11) is 4.37. The summed E-state index contributed by atoms with van der Waals surface area (Å²) >= 11 is 0. The number of hydrogen-bond donors (Lipinski definition) is 4. The first kappa shape index (κ1) is 31.6. The van der Waals surface area contributed by atoms with Crippen LogP contribution in [0.3, 0.4) is 0 Å². The number of nitrogens with zero attached hydrogens (tertiary/aromatic N) is 1. The second-order valence-corrected chi connectivity index (χ2v) is 14.4. The molecule has 4 aliphatic carbocycles. The second kappa shape index (κ2) is 11.9. The Hall–Kier alpha value is 0.0400. The molecule has 4 N–H and O–H groups in total. The normalized spacial score (nSPS) is 44.1. The van der Waals surface area contributed by atoms with Crippen LogP contribution in [0.2, 0.25) is 0 Å². The SMILES string of the molecule is CC[N+](C)(C)CCNC(=O)CC[C@@H](C)[C@H]1CC[C@H]2[C@@H]3[C@H](O)C[C@@H]4C[C@H](O)CC[C@]4(C)[C@H]3C[C@H](O)[C@]12C.[I-]. The van der Waals surface area contributed by atoms with Gasteiger partial charge in [0, 0.05) is 6.42 Å². The van der Waals surface area contributed by atoms with E-state index in [4.69, 9.17) is 0 Å². The van der Waals surface area contributed by atoms with Crippen molar-refractivity contribution in [2.24, 2.45) is 46.3 Å². The van der Waals surface area contributed by atoms with E-state index in [9.17, 15) is 20.1 Å². The Balaban J connectivity index is 0.00000380. The number of aliphatic hydroxyl groups excluding tert-OH is 3. The van der Waals surface area contributed by atoms with E-state index in [0.717, 1.165) is 68.9 Å². The number of nitrogens with one attached hydrogen (secondary N) is 1. The molecule has 0 unspecified atom stereocenters. The molecule has 6 nitrogen and oxygen atoms in total. The summed E-state index contributed by atoms with van der Waals surface area (Å²) in [6.45, 7) is 11.8. The molecule has 7 heteroatoms. The fourth-order valence-corrected chi connectivity index (χ4v) is 9.44. The topological polar surface area (TPSA) is 89.8 Å². The summed E-state index contributed by atoms with van der Waals surface area (Å²) in [5, 5.41) is 36.6. The minimum atomic E-state index is -0.365. The number of halogens is 1. The number of aliphatic hydroxyl groups is 3. The molecule has 0 radical (unpaired) electrons. The maximum atomic E-state index is 12.6. The van der Waals surface area contributed by atoms with Crippen LogP contribution in [0.5, 0.6) is 0 Å². The molecule has 0 bridgehead atoms. The average molecular weight is 635 g/mol. The van der Waals surface area contributed by atoms with Gasteiger partial charge in [-0.05, 0) is 105 Å². The Bertz CT molecular complexity index is 796. The molecule has 0 aromatic rings. The molecular weight excluding hydrogens is 579 g/mol. The van der Waals surface area contributed by atoms with E-state index in [-0.39, 0.29) is 64.9 Å². The highest BCUT2D eigenvalue weighted by Crippen LogP contribution is 2.68. The summed E-state index contributed by atoms with van der Waals surface area (Å²) in [6.07, 6.45) is 6.83. The molecule has 0 spiro atoms. The molecule has 37 heavy (non-hydrogen) atoms. The van der Waals surface area contributed by atoms with E-state index < -0.39 is 0 Å². The van der Waals surface area contributed by atoms with Gasteiger partial charge in [-0.15, -0.1) is 0 Å². The first-order chi connectivity index (χ1) is 16.8. The Kier molecular flexibility index (Phi) is 10.1. The van der Waals surface area contributed by atoms with Crippen LogP contribution in [0.15, 0.2) is 0 Å². The third kappa shape index (κ3) is 5.91. The van der Waals surface area contributed by atoms with E-state index in [1.165, 1.54) is 0 Å². The lowest BCUT2D eigenvalue weighted by molar-refractivity contribution is -0.887. The molecule has 0 aromatic carbocycles. The Labute approximate surface area is 243 Å². The van der Waals surface area contributed by atoms with Gasteiger partial charge in [0.05, 0.1) is 52.0 Å². The zero-order valence-corrected chi connectivity index (χ0v) is 26.4. The van der Waals surface area contributed by atoms with Crippen molar-refractivity contribution in [3.63, 3.8) is 0 Å². The Morgan fingerprint density at radius 3 is 2.43 bits per heavy atom. The highest BCUT2D eigenvalue weighted by atomic mass is 127. The predicted molar refractivity (Wildman–Crippen MR) is 143 cm³/mol. The maximum absolute atomic E-state index is 12.6. The fraction of sp³-hybridized carbons (Fsp3) is 0.967. The lowest BCUT2D eigenvalue weighted by Crippen LogP contribution is -3.00. The molecule has 0 aromatic heterocycles. The molecule has 4 rings (SSSR count). The van der Waals surface area contributed by atoms with E-state index >= 15 is 0 Å². The summed E-state index contributed by atoms with van der Waals surface area (Å²) in [6, 6.07) is 0. The van der Waals surface area contributed by atoms with Crippen molar-refractivity contribution in [1.82, 2.24) is 5.32 Å². The minimum absolute atomic E-state index is 0. The van der Waals surface area contributed by atoms with Gasteiger partial charge in [-0.2, -0.15) is 0 Å². The summed E-state index contributed by atoms with van der Waals surface area (Å²) in [4.78, 5) is 12.6. The third-order valence-corrected chi connectivity index (χ3v) is 12.2. The summed E-state index contributed by atoms with van der Waals surface area (Å²) < 4.78 is 0.908. The first-order valence-corrected chi connectivity index (χ1v) is 15.0. The van der Waals surface area contributed by atoms with Gasteiger partial charge in [0.15, 0.2) is 0 Å². The molecule has 11 atom stereocenters. The van der Waals surface area contributed by atoms with Crippen LogP contribution < -0.4 is 29.3 Å². The third-order valence-electron chi connectivity index (χ3n) is 12.2. The summed E-state index contributed by atoms with van der Waals surface area (Å²) in [5.74, 6) is 2.16. The van der Waals surface area contributed by atoms with Crippen LogP contribution in [0.1, 0.15) is 85.5 Å². The lowest BCUT2D eigenvalue weighted by Gasteiger charge is -2.63. The fourth-order valence-electron chi connectivity index (χ4n) is 9.44. The highest BCUT2D eigenvalue weighted by molar-refractivity contribution is 5.75. The zero-order chi connectivity index (χ0) is 26.5. The van der Waals surface area contributed by atoms with Gasteiger partial charge in [-0.3, -0.25) is 4.79 Å². The molecule has 216 valence electrons. The van der Waals surface area contributed by atoms with E-state index in [2.05, 4.69) is 47.1 Å². The van der Waals surface area contributed by atoms with Gasteiger partial charge in [0.25, 0.3) is 0 Å². The van der Waals surface area contributed by atoms with Crippen molar-refractivity contribution in [1.29, 1.82) is 0 Å². The number of likely N-dealkylation sites (N-methyl/N-ethyl adjacent to an activating group) is 1. The summed E-state index contributed by atoms with van der Waals surface area (Å²) in [5.41, 5.74) is -0.0870. The second-order valence-electron chi connectivity index (χ2n) is 14.4. The van der Waals surface area contributed by atoms with Gasteiger partial charge in [-0.1, -0.05) is 20.8 Å². The smallest absolute Gasteiger partial charge is 0.220 e. The number of carbonyl (C=O) groups excluding carboxylic acids is 1. The van der Waals surface area contributed by atoms with Gasteiger partial charge in [-0.25, -0.2) is 0 Å². The highest BCUT2D eigenvalue weighted by Gasteiger charge is 2.65. The molecule has 0 saturated heterocycles. The molecule has 0 heterocycles. The molecular formula is C30H55IN2O4. The molecule has 4 saturated carbocycles. The number of amides is 1. The van der Waals surface area contributed by atoms with Crippen LogP contribution in [0, 0.1) is 46.3 Å². The van der Waals surface area contributed by atoms with Crippen molar-refractivity contribution in [3.8, 4) is 0 Å². The number of rotatable bonds is 8. The quantitative estimate of drug-likeness (QED) is 0.233. The van der Waals surface area contributed by atoms with Crippen LogP contribution in [0.25, 0.3) is 0 Å². The van der Waals surface area contributed by atoms with Crippen LogP contribution in [0.4, 0.5) is 0 Å². The van der Waals surface area contributed by atoms with Crippen LogP contribution in [-0.2, 0) is 4.79 Å². The van der Waals surface area contributed by atoms with Gasteiger partial charge < -0.3 is 49.1 Å².